The van der Waals surface area contributed by atoms with Crippen LogP contribution in [0.15, 0.2) is 78.5 Å². The topological polar surface area (TPSA) is 103 Å². The first-order valence-corrected chi connectivity index (χ1v) is 9.40. The first-order valence-electron chi connectivity index (χ1n) is 9.40. The number of ketones is 1. The fraction of sp³-hybridized carbons (Fsp3) is 0.174. The summed E-state index contributed by atoms with van der Waals surface area (Å²) in [5.74, 6) is -1.26. The van der Waals surface area contributed by atoms with Crippen LogP contribution in [-0.2, 0) is 9.59 Å². The number of para-hydroxylation sites is 3. The van der Waals surface area contributed by atoms with Gasteiger partial charge in [0.2, 0.25) is 0 Å². The lowest BCUT2D eigenvalue weighted by Crippen LogP contribution is -2.25. The number of rotatable bonds is 11. The predicted molar refractivity (Wildman–Crippen MR) is 119 cm³/mol. The van der Waals surface area contributed by atoms with E-state index >= 15 is 0 Å². The van der Waals surface area contributed by atoms with Crippen molar-refractivity contribution in [3.8, 4) is 5.75 Å². The molecule has 2 rings (SSSR count). The summed E-state index contributed by atoms with van der Waals surface area (Å²) in [7, 11) is 1.58. The van der Waals surface area contributed by atoms with Crippen molar-refractivity contribution in [3.63, 3.8) is 0 Å². The van der Waals surface area contributed by atoms with E-state index in [0.29, 0.717) is 12.3 Å². The minimum absolute atomic E-state index is 0.122. The third-order valence-corrected chi connectivity index (χ3v) is 4.27. The van der Waals surface area contributed by atoms with Gasteiger partial charge >= 0.3 is 5.97 Å². The van der Waals surface area contributed by atoms with Crippen LogP contribution in [0.1, 0.15) is 6.92 Å². The molecule has 2 aromatic carbocycles. The Morgan fingerprint density at radius 1 is 1.13 bits per heavy atom. The van der Waals surface area contributed by atoms with Crippen molar-refractivity contribution in [3.05, 3.63) is 78.5 Å². The monoisotopic (exact) mass is 407 g/mol. The molecule has 0 aliphatic rings. The summed E-state index contributed by atoms with van der Waals surface area (Å²) >= 11 is 0. The van der Waals surface area contributed by atoms with Crippen LogP contribution in [-0.4, -0.2) is 42.8 Å². The Morgan fingerprint density at radius 2 is 1.80 bits per heavy atom. The lowest BCUT2D eigenvalue weighted by atomic mass is 10.1. The highest BCUT2D eigenvalue weighted by Gasteiger charge is 2.19. The minimum Gasteiger partial charge on any atom is -0.495 e. The van der Waals surface area contributed by atoms with Gasteiger partial charge in [-0.2, -0.15) is 0 Å². The van der Waals surface area contributed by atoms with Gasteiger partial charge in [-0.05, 0) is 43.3 Å². The molecule has 0 saturated carbocycles. The van der Waals surface area contributed by atoms with E-state index in [-0.39, 0.29) is 12.1 Å². The molecule has 0 amide bonds. The Morgan fingerprint density at radius 3 is 2.43 bits per heavy atom. The van der Waals surface area contributed by atoms with Crippen molar-refractivity contribution in [1.29, 1.82) is 5.41 Å². The molecule has 156 valence electrons. The number of methoxy groups -OCH3 is 1. The maximum Gasteiger partial charge on any atom is 0.354 e. The second-order valence-corrected chi connectivity index (χ2v) is 6.20. The highest BCUT2D eigenvalue weighted by atomic mass is 16.5. The molecule has 0 spiro atoms. The SMILES string of the molecule is CCN(/C=C\C=C(\C(=N)C(=O)O)C(=O)CNc1ccccc1)c1ccccc1OC. The van der Waals surface area contributed by atoms with Crippen molar-refractivity contribution in [1.82, 2.24) is 0 Å². The summed E-state index contributed by atoms with van der Waals surface area (Å²) in [6, 6.07) is 16.6. The molecule has 0 atom stereocenters. The number of allylic oxidation sites excluding steroid dienone is 2. The number of nitrogens with zero attached hydrogens (tertiary/aromatic N) is 1. The fourth-order valence-electron chi connectivity index (χ4n) is 2.73. The highest BCUT2D eigenvalue weighted by molar-refractivity contribution is 6.48. The number of carbonyl (C=O) groups excluding carboxylic acids is 1. The second kappa shape index (κ2) is 11.2. The van der Waals surface area contributed by atoms with Crippen LogP contribution in [0.2, 0.25) is 0 Å². The average molecular weight is 407 g/mol. The molecule has 0 radical (unpaired) electrons. The van der Waals surface area contributed by atoms with Crippen molar-refractivity contribution in [2.45, 2.75) is 6.92 Å². The first kappa shape index (κ1) is 22.4. The van der Waals surface area contributed by atoms with Crippen molar-refractivity contribution in [2.24, 2.45) is 0 Å². The number of benzene rings is 2. The Bertz CT molecular complexity index is 952. The van der Waals surface area contributed by atoms with Gasteiger partial charge in [-0.3, -0.25) is 10.2 Å². The van der Waals surface area contributed by atoms with Gasteiger partial charge in [0, 0.05) is 18.4 Å². The summed E-state index contributed by atoms with van der Waals surface area (Å²) < 4.78 is 5.37. The van der Waals surface area contributed by atoms with Crippen LogP contribution in [0.3, 0.4) is 0 Å². The van der Waals surface area contributed by atoms with Crippen molar-refractivity contribution < 1.29 is 19.4 Å². The molecule has 0 aliphatic carbocycles. The van der Waals surface area contributed by atoms with Crippen LogP contribution in [0.5, 0.6) is 5.75 Å². The maximum atomic E-state index is 12.6. The molecule has 0 unspecified atom stereocenters. The molecule has 7 heteroatoms. The standard InChI is InChI=1S/C23H25N3O4/c1-3-26(19-13-7-8-14-21(19)30-2)15-9-12-18(22(24)23(28)29)20(27)16-25-17-10-5-4-6-11-17/h4-15,24-25H,3,16H2,1-2H3,(H,28,29)/b15-9-,18-12+,24-22?. The number of ether oxygens (including phenoxy) is 1. The first-order chi connectivity index (χ1) is 14.5. The van der Waals surface area contributed by atoms with E-state index in [0.717, 1.165) is 11.4 Å². The minimum atomic E-state index is -1.46. The van der Waals surface area contributed by atoms with Crippen LogP contribution >= 0.6 is 0 Å². The fourth-order valence-corrected chi connectivity index (χ4v) is 2.73. The normalized spacial score (nSPS) is 11.2. The summed E-state index contributed by atoms with van der Waals surface area (Å²) in [5, 5.41) is 19.9. The van der Waals surface area contributed by atoms with Crippen molar-refractivity contribution >= 4 is 28.8 Å². The van der Waals surface area contributed by atoms with Crippen LogP contribution < -0.4 is 15.0 Å². The third-order valence-electron chi connectivity index (χ3n) is 4.27. The summed E-state index contributed by atoms with van der Waals surface area (Å²) in [4.78, 5) is 25.8. The zero-order valence-electron chi connectivity index (χ0n) is 17.0. The number of carbonyl (C=O) groups is 2. The Labute approximate surface area is 175 Å². The summed E-state index contributed by atoms with van der Waals surface area (Å²) in [5.41, 5.74) is 0.633. The number of anilines is 2. The molecule has 0 aromatic heterocycles. The summed E-state index contributed by atoms with van der Waals surface area (Å²) in [6.07, 6.45) is 4.62. The lowest BCUT2D eigenvalue weighted by Gasteiger charge is -2.20. The van der Waals surface area contributed by atoms with Gasteiger partial charge in [-0.15, -0.1) is 0 Å². The zero-order chi connectivity index (χ0) is 21.9. The molecule has 3 N–H and O–H groups in total. The van der Waals surface area contributed by atoms with Gasteiger partial charge in [0.1, 0.15) is 5.75 Å². The molecule has 7 nitrogen and oxygen atoms in total. The van der Waals surface area contributed by atoms with E-state index < -0.39 is 17.5 Å². The number of carboxylic acids is 1. The Kier molecular flexibility index (Phi) is 8.38. The third kappa shape index (κ3) is 6.07. The molecular weight excluding hydrogens is 382 g/mol. The smallest absolute Gasteiger partial charge is 0.354 e. The van der Waals surface area contributed by atoms with E-state index in [9.17, 15) is 14.7 Å². The van der Waals surface area contributed by atoms with Crippen molar-refractivity contribution in [2.75, 3.05) is 30.4 Å². The molecule has 0 heterocycles. The number of aliphatic carboxylic acids is 1. The average Bonchev–Trinajstić information content (AvgIpc) is 2.78. The van der Waals surface area contributed by atoms with Gasteiger partial charge < -0.3 is 20.1 Å². The quantitative estimate of drug-likeness (QED) is 0.298. The van der Waals surface area contributed by atoms with E-state index in [4.69, 9.17) is 10.1 Å². The van der Waals surface area contributed by atoms with Gasteiger partial charge in [0.05, 0.1) is 24.9 Å². The van der Waals surface area contributed by atoms with Crippen LogP contribution in [0.4, 0.5) is 11.4 Å². The number of carboxylic acid groups (broad SMARTS) is 1. The van der Waals surface area contributed by atoms with Gasteiger partial charge in [-0.1, -0.05) is 30.3 Å². The zero-order valence-corrected chi connectivity index (χ0v) is 17.0. The number of hydrogen-bond donors (Lipinski definition) is 3. The number of Topliss-reactive ketones (excluding diaryl/α,β-unsaturated/α-hetero) is 1. The molecule has 0 saturated heterocycles. The molecule has 0 fully saturated rings. The second-order valence-electron chi connectivity index (χ2n) is 6.20. The highest BCUT2D eigenvalue weighted by Crippen LogP contribution is 2.27. The van der Waals surface area contributed by atoms with Gasteiger partial charge in [-0.25, -0.2) is 4.79 Å². The maximum absolute atomic E-state index is 12.6. The van der Waals surface area contributed by atoms with Crippen LogP contribution in [0.25, 0.3) is 0 Å². The Hall–Kier alpha value is -3.87. The molecule has 30 heavy (non-hydrogen) atoms. The molecule has 2 aromatic rings. The molecule has 0 bridgehead atoms. The van der Waals surface area contributed by atoms with E-state index in [1.54, 1.807) is 31.5 Å². The lowest BCUT2D eigenvalue weighted by molar-refractivity contribution is -0.129. The molecular formula is C23H25N3O4. The van der Waals surface area contributed by atoms with E-state index in [1.165, 1.54) is 6.08 Å². The van der Waals surface area contributed by atoms with Gasteiger partial charge in [0.25, 0.3) is 0 Å². The van der Waals surface area contributed by atoms with Crippen LogP contribution in [0, 0.1) is 5.41 Å². The number of hydrogen-bond acceptors (Lipinski definition) is 6. The largest absolute Gasteiger partial charge is 0.495 e. The summed E-state index contributed by atoms with van der Waals surface area (Å²) in [6.45, 7) is 2.46. The number of nitrogens with one attached hydrogen (secondary N) is 2. The van der Waals surface area contributed by atoms with Gasteiger partial charge in [0.15, 0.2) is 11.5 Å². The van der Waals surface area contributed by atoms with E-state index in [1.807, 2.05) is 54.3 Å². The van der Waals surface area contributed by atoms with E-state index in [2.05, 4.69) is 5.32 Å². The predicted octanol–water partition coefficient (Wildman–Crippen LogP) is 3.75. The Balaban J connectivity index is 2.21. The molecule has 0 aliphatic heterocycles.